The molecule has 1 fully saturated rings. The van der Waals surface area contributed by atoms with Gasteiger partial charge in [0, 0.05) is 19.5 Å². The smallest absolute Gasteiger partial charge is 0.315 e. The predicted octanol–water partition coefficient (Wildman–Crippen LogP) is 0.543. The molecule has 3 rings (SSSR count). The van der Waals surface area contributed by atoms with Gasteiger partial charge in [-0.05, 0) is 25.0 Å². The first-order valence-corrected chi connectivity index (χ1v) is 8.29. The molecule has 9 nitrogen and oxygen atoms in total. The Labute approximate surface area is 156 Å². The largest absolute Gasteiger partial charge is 0.338 e. The summed E-state index contributed by atoms with van der Waals surface area (Å²) in [6.45, 7) is 2.30. The van der Waals surface area contributed by atoms with Crippen molar-refractivity contribution >= 4 is 29.7 Å². The number of urea groups is 1. The van der Waals surface area contributed by atoms with Gasteiger partial charge in [0.1, 0.15) is 6.04 Å². The quantitative estimate of drug-likeness (QED) is 0.664. The second-order valence-corrected chi connectivity index (χ2v) is 6.00. The van der Waals surface area contributed by atoms with Gasteiger partial charge in [-0.1, -0.05) is 19.6 Å². The van der Waals surface area contributed by atoms with E-state index in [9.17, 15) is 24.0 Å². The number of fused-ring (bicyclic) bond motifs is 1. The maximum absolute atomic E-state index is 12.8. The molecule has 144 valence electrons. The van der Waals surface area contributed by atoms with Crippen LogP contribution < -0.4 is 16.0 Å². The zero-order chi connectivity index (χ0) is 18.8. The minimum absolute atomic E-state index is 0. The van der Waals surface area contributed by atoms with Gasteiger partial charge in [-0.25, -0.2) is 4.79 Å². The molecule has 1 aromatic rings. The summed E-state index contributed by atoms with van der Waals surface area (Å²) in [5.41, 5.74) is 0.857. The summed E-state index contributed by atoms with van der Waals surface area (Å²) in [4.78, 5) is 61.4. The lowest BCUT2D eigenvalue weighted by Crippen LogP contribution is -2.54. The molecule has 0 spiro atoms. The first-order valence-electron chi connectivity index (χ1n) is 8.29. The van der Waals surface area contributed by atoms with Crippen LogP contribution in [0, 0.1) is 0 Å². The van der Waals surface area contributed by atoms with Crippen molar-refractivity contribution in [3.8, 4) is 0 Å². The summed E-state index contributed by atoms with van der Waals surface area (Å²) in [7, 11) is 0. The molecule has 1 atom stereocenters. The Bertz CT molecular complexity index is 820. The third kappa shape index (κ3) is 3.67. The number of amides is 6. The molecule has 0 aliphatic carbocycles. The fourth-order valence-corrected chi connectivity index (χ4v) is 3.13. The second kappa shape index (κ2) is 7.98. The van der Waals surface area contributed by atoms with Crippen LogP contribution in [0.4, 0.5) is 4.79 Å². The molecule has 27 heavy (non-hydrogen) atoms. The van der Waals surface area contributed by atoms with Crippen LogP contribution in [0.5, 0.6) is 0 Å². The van der Waals surface area contributed by atoms with E-state index in [1.165, 1.54) is 6.07 Å². The highest BCUT2D eigenvalue weighted by Crippen LogP contribution is 2.29. The minimum Gasteiger partial charge on any atom is -0.338 e. The first-order chi connectivity index (χ1) is 12.4. The van der Waals surface area contributed by atoms with E-state index in [4.69, 9.17) is 0 Å². The van der Waals surface area contributed by atoms with E-state index in [1.54, 1.807) is 19.1 Å². The van der Waals surface area contributed by atoms with E-state index in [2.05, 4.69) is 16.0 Å². The lowest BCUT2D eigenvalue weighted by Gasteiger charge is -2.27. The zero-order valence-electron chi connectivity index (χ0n) is 14.1. The Hall–Kier alpha value is -3.23. The van der Waals surface area contributed by atoms with E-state index in [0.717, 1.165) is 4.90 Å². The van der Waals surface area contributed by atoms with Gasteiger partial charge in [0.05, 0.1) is 11.1 Å². The van der Waals surface area contributed by atoms with E-state index < -0.39 is 29.7 Å². The maximum atomic E-state index is 12.8. The van der Waals surface area contributed by atoms with E-state index in [0.29, 0.717) is 12.1 Å². The average Bonchev–Trinajstić information content (AvgIpc) is 2.85. The van der Waals surface area contributed by atoms with Crippen LogP contribution >= 0.6 is 0 Å². The summed E-state index contributed by atoms with van der Waals surface area (Å²) >= 11 is 0. The molecule has 0 unspecified atom stereocenters. The predicted molar refractivity (Wildman–Crippen MR) is 95.8 cm³/mol. The van der Waals surface area contributed by atoms with E-state index in [1.807, 2.05) is 0 Å². The van der Waals surface area contributed by atoms with Gasteiger partial charge in [0.2, 0.25) is 11.8 Å². The number of nitrogens with zero attached hydrogens (tertiary/aromatic N) is 1. The molecular weight excluding hydrogens is 352 g/mol. The molecule has 0 bridgehead atoms. The van der Waals surface area contributed by atoms with Gasteiger partial charge < -0.3 is 10.6 Å². The Morgan fingerprint density at radius 2 is 1.93 bits per heavy atom. The van der Waals surface area contributed by atoms with Crippen molar-refractivity contribution in [1.82, 2.24) is 20.9 Å². The van der Waals surface area contributed by atoms with Gasteiger partial charge in [-0.15, -0.1) is 0 Å². The van der Waals surface area contributed by atoms with Crippen molar-refractivity contribution in [1.29, 1.82) is 0 Å². The number of carbonyl (C=O) groups is 5. The van der Waals surface area contributed by atoms with Gasteiger partial charge in [-0.3, -0.25) is 29.4 Å². The van der Waals surface area contributed by atoms with Crippen molar-refractivity contribution < 1.29 is 24.0 Å². The fourth-order valence-electron chi connectivity index (χ4n) is 3.13. The molecule has 0 saturated carbocycles. The third-order valence-electron chi connectivity index (χ3n) is 4.33. The van der Waals surface area contributed by atoms with Crippen LogP contribution in [0.15, 0.2) is 18.2 Å². The van der Waals surface area contributed by atoms with Crippen molar-refractivity contribution in [2.75, 3.05) is 6.54 Å². The summed E-state index contributed by atoms with van der Waals surface area (Å²) in [6, 6.07) is 3.38. The summed E-state index contributed by atoms with van der Waals surface area (Å²) < 4.78 is 0. The highest BCUT2D eigenvalue weighted by molar-refractivity contribution is 6.24. The van der Waals surface area contributed by atoms with Gasteiger partial charge in [0.25, 0.3) is 11.8 Å². The lowest BCUT2D eigenvalue weighted by molar-refractivity contribution is -0.136. The van der Waals surface area contributed by atoms with Gasteiger partial charge >= 0.3 is 6.03 Å². The van der Waals surface area contributed by atoms with Crippen LogP contribution in [0.3, 0.4) is 0 Å². The number of imide groups is 2. The minimum atomic E-state index is -1.01. The molecule has 0 aromatic heterocycles. The normalized spacial score (nSPS) is 18.6. The molecule has 2 aliphatic heterocycles. The Morgan fingerprint density at radius 1 is 1.19 bits per heavy atom. The van der Waals surface area contributed by atoms with E-state index in [-0.39, 0.29) is 44.0 Å². The molecule has 2 heterocycles. The van der Waals surface area contributed by atoms with Crippen LogP contribution in [0.1, 0.15) is 53.5 Å². The van der Waals surface area contributed by atoms with E-state index >= 15 is 0 Å². The highest BCUT2D eigenvalue weighted by Gasteiger charge is 2.45. The molecule has 3 N–H and O–H groups in total. The van der Waals surface area contributed by atoms with Crippen LogP contribution in [0.25, 0.3) is 0 Å². The standard InChI is InChI=1S/C17H18N4O5.CH4/c1-2-18-17(26)19-8-9-4-3-5-10-13(9)16(25)21(15(10)24)11-6-7-12(22)20-14(11)23;/h3-5,11H,2,6-8H2,1H3,(H2,18,19,26)(H,20,22,23);1H4/t11-;/m1./s1. The molecule has 6 amide bonds. The molecular formula is C18H22N4O5. The molecule has 2 aliphatic rings. The molecule has 0 radical (unpaired) electrons. The lowest BCUT2D eigenvalue weighted by atomic mass is 10.0. The monoisotopic (exact) mass is 374 g/mol. The number of carbonyl (C=O) groups excluding carboxylic acids is 5. The van der Waals surface area contributed by atoms with Crippen LogP contribution in [0.2, 0.25) is 0 Å². The van der Waals surface area contributed by atoms with Gasteiger partial charge in [-0.2, -0.15) is 0 Å². The van der Waals surface area contributed by atoms with Crippen molar-refractivity contribution in [2.45, 2.75) is 39.8 Å². The summed E-state index contributed by atoms with van der Waals surface area (Å²) in [5, 5.41) is 7.35. The van der Waals surface area contributed by atoms with Crippen molar-refractivity contribution in [3.63, 3.8) is 0 Å². The highest BCUT2D eigenvalue weighted by atomic mass is 16.2. The number of hydrogen-bond acceptors (Lipinski definition) is 5. The SMILES string of the molecule is C.CCNC(=O)NCc1cccc2c1C(=O)N([C@@H]1CCC(=O)NC1=O)C2=O. The molecule has 1 saturated heterocycles. The van der Waals surface area contributed by atoms with Crippen molar-refractivity contribution in [3.05, 3.63) is 34.9 Å². The second-order valence-electron chi connectivity index (χ2n) is 6.00. The van der Waals surface area contributed by atoms with Crippen LogP contribution in [-0.2, 0) is 16.1 Å². The zero-order valence-corrected chi connectivity index (χ0v) is 14.1. The number of piperidine rings is 1. The topological polar surface area (TPSA) is 125 Å². The van der Waals surface area contributed by atoms with Crippen LogP contribution in [-0.4, -0.2) is 47.1 Å². The fraction of sp³-hybridized carbons (Fsp3) is 0.389. The Kier molecular flexibility index (Phi) is 5.94. The molecule has 9 heteroatoms. The number of rotatable bonds is 4. The maximum Gasteiger partial charge on any atom is 0.315 e. The summed E-state index contributed by atoms with van der Waals surface area (Å²) in [5.74, 6) is -2.24. The van der Waals surface area contributed by atoms with Gasteiger partial charge in [0.15, 0.2) is 0 Å². The summed E-state index contributed by atoms with van der Waals surface area (Å²) in [6.07, 6.45) is 0.165. The third-order valence-corrected chi connectivity index (χ3v) is 4.33. The Balaban J connectivity index is 0.00000261. The molecule has 1 aromatic carbocycles. The number of nitrogens with one attached hydrogen (secondary N) is 3. The average molecular weight is 374 g/mol. The van der Waals surface area contributed by atoms with Crippen molar-refractivity contribution in [2.24, 2.45) is 0 Å². The number of benzene rings is 1. The Morgan fingerprint density at radius 3 is 2.59 bits per heavy atom. The number of hydrogen-bond donors (Lipinski definition) is 3. The first kappa shape index (κ1) is 20.1.